The molecule has 0 aromatic heterocycles. The Balaban J connectivity index is 0.00000180. The van der Waals surface area contributed by atoms with E-state index in [-0.39, 0.29) is 18.3 Å². The Bertz CT molecular complexity index is 414. The maximum atomic E-state index is 10.1. The smallest absolute Gasteiger partial charge is 0.161 e. The van der Waals surface area contributed by atoms with E-state index in [4.69, 9.17) is 15.2 Å². The quantitative estimate of drug-likeness (QED) is 0.892. The molecule has 2 rings (SSSR count). The van der Waals surface area contributed by atoms with Crippen molar-refractivity contribution < 1.29 is 14.6 Å². The topological polar surface area (TPSA) is 64.7 Å². The van der Waals surface area contributed by atoms with E-state index in [1.54, 1.807) is 0 Å². The first-order chi connectivity index (χ1) is 8.63. The average Bonchev–Trinajstić information content (AvgIpc) is 2.44. The van der Waals surface area contributed by atoms with Crippen molar-refractivity contribution in [3.63, 3.8) is 0 Å². The van der Waals surface area contributed by atoms with Crippen LogP contribution in [0.5, 0.6) is 11.5 Å². The Hall–Kier alpha value is -0.970. The molecule has 19 heavy (non-hydrogen) atoms. The van der Waals surface area contributed by atoms with E-state index in [2.05, 4.69) is 0 Å². The second-order valence-corrected chi connectivity index (χ2v) is 4.81. The van der Waals surface area contributed by atoms with E-state index in [1.165, 1.54) is 0 Å². The lowest BCUT2D eigenvalue weighted by atomic mass is 9.91. The zero-order chi connectivity index (χ0) is 13.1. The molecule has 0 saturated carbocycles. The number of hydrogen-bond acceptors (Lipinski definition) is 4. The summed E-state index contributed by atoms with van der Waals surface area (Å²) < 4.78 is 11.0. The molecule has 0 aliphatic carbocycles. The van der Waals surface area contributed by atoms with Crippen molar-refractivity contribution >= 4 is 12.4 Å². The zero-order valence-electron chi connectivity index (χ0n) is 11.3. The van der Waals surface area contributed by atoms with E-state index >= 15 is 0 Å². The Morgan fingerprint density at radius 2 is 1.89 bits per heavy atom. The van der Waals surface area contributed by atoms with Gasteiger partial charge in [0.15, 0.2) is 11.5 Å². The van der Waals surface area contributed by atoms with Crippen LogP contribution in [-0.4, -0.2) is 24.4 Å². The first-order valence-electron chi connectivity index (χ1n) is 6.46. The van der Waals surface area contributed by atoms with Crippen LogP contribution in [0.15, 0.2) is 18.2 Å². The van der Waals surface area contributed by atoms with Gasteiger partial charge in [-0.05, 0) is 23.6 Å². The third kappa shape index (κ3) is 3.53. The van der Waals surface area contributed by atoms with Gasteiger partial charge in [-0.15, -0.1) is 12.4 Å². The molecule has 3 atom stereocenters. The number of ether oxygens (including phenoxy) is 2. The molecule has 0 fully saturated rings. The van der Waals surface area contributed by atoms with E-state index < -0.39 is 12.1 Å². The lowest BCUT2D eigenvalue weighted by Crippen LogP contribution is -2.31. The number of rotatable bonds is 4. The van der Waals surface area contributed by atoms with Crippen LogP contribution in [-0.2, 0) is 0 Å². The van der Waals surface area contributed by atoms with E-state index in [0.717, 1.165) is 17.7 Å². The molecule has 0 saturated heterocycles. The van der Waals surface area contributed by atoms with Gasteiger partial charge >= 0.3 is 0 Å². The number of aliphatic hydroxyl groups is 1. The summed E-state index contributed by atoms with van der Waals surface area (Å²) in [5.41, 5.74) is 6.98. The summed E-state index contributed by atoms with van der Waals surface area (Å²) in [6.07, 6.45) is 0.358. The standard InChI is InChI=1S/C14H21NO3.ClH/c1-3-9(2)14(16)13(15)10-4-5-11-12(8-10)18-7-6-17-11;/h4-5,8-9,13-14,16H,3,6-7,15H2,1-2H3;1H/t9?,13-,14+;/m0./s1. The van der Waals surface area contributed by atoms with E-state index in [1.807, 2.05) is 32.0 Å². The Morgan fingerprint density at radius 1 is 1.26 bits per heavy atom. The Morgan fingerprint density at radius 3 is 2.53 bits per heavy atom. The van der Waals surface area contributed by atoms with Crippen LogP contribution in [0.25, 0.3) is 0 Å². The van der Waals surface area contributed by atoms with Gasteiger partial charge in [-0.2, -0.15) is 0 Å². The SMILES string of the molecule is CCC(C)[C@@H](O)[C@@H](N)c1ccc2c(c1)OCCO2.Cl. The van der Waals surface area contributed by atoms with Crippen molar-refractivity contribution in [2.75, 3.05) is 13.2 Å². The van der Waals surface area contributed by atoms with Crippen LogP contribution in [0.2, 0.25) is 0 Å². The highest BCUT2D eigenvalue weighted by molar-refractivity contribution is 5.85. The molecular formula is C14H22ClNO3. The van der Waals surface area contributed by atoms with Crippen molar-refractivity contribution in [1.29, 1.82) is 0 Å². The number of hydrogen-bond donors (Lipinski definition) is 2. The molecule has 1 aliphatic rings. The van der Waals surface area contributed by atoms with Crippen LogP contribution in [0.3, 0.4) is 0 Å². The van der Waals surface area contributed by atoms with Gasteiger partial charge in [-0.3, -0.25) is 0 Å². The summed E-state index contributed by atoms with van der Waals surface area (Å²) in [6, 6.07) is 5.22. The molecule has 1 unspecified atom stereocenters. The molecule has 1 heterocycles. The van der Waals surface area contributed by atoms with Gasteiger partial charge in [0.05, 0.1) is 12.1 Å². The van der Waals surface area contributed by atoms with Crippen LogP contribution in [0, 0.1) is 5.92 Å². The normalized spacial score (nSPS) is 18.1. The third-order valence-corrected chi connectivity index (χ3v) is 3.55. The number of aliphatic hydroxyl groups excluding tert-OH is 1. The van der Waals surface area contributed by atoms with Crippen LogP contribution in [0.4, 0.5) is 0 Å². The van der Waals surface area contributed by atoms with Gasteiger partial charge in [0.25, 0.3) is 0 Å². The lowest BCUT2D eigenvalue weighted by Gasteiger charge is -2.26. The predicted octanol–water partition coefficient (Wildman–Crippen LogP) is 2.29. The largest absolute Gasteiger partial charge is 0.486 e. The predicted molar refractivity (Wildman–Crippen MR) is 77.1 cm³/mol. The van der Waals surface area contributed by atoms with Crippen molar-refractivity contribution in [3.8, 4) is 11.5 Å². The van der Waals surface area contributed by atoms with Crippen LogP contribution >= 0.6 is 12.4 Å². The molecule has 1 aromatic rings. The first kappa shape index (κ1) is 16.1. The minimum Gasteiger partial charge on any atom is -0.486 e. The summed E-state index contributed by atoms with van der Waals surface area (Å²) in [6.45, 7) is 5.18. The Kier molecular flexibility index (Phi) is 5.91. The summed E-state index contributed by atoms with van der Waals surface area (Å²) in [4.78, 5) is 0. The number of nitrogens with two attached hydrogens (primary N) is 1. The molecule has 3 N–H and O–H groups in total. The molecule has 0 amide bonds. The molecular weight excluding hydrogens is 266 g/mol. The number of fused-ring (bicyclic) bond motifs is 1. The van der Waals surface area contributed by atoms with E-state index in [0.29, 0.717) is 19.0 Å². The highest BCUT2D eigenvalue weighted by atomic mass is 35.5. The summed E-state index contributed by atoms with van der Waals surface area (Å²) in [5, 5.41) is 10.1. The molecule has 0 spiro atoms. The zero-order valence-corrected chi connectivity index (χ0v) is 12.2. The van der Waals surface area contributed by atoms with Crippen molar-refractivity contribution in [3.05, 3.63) is 23.8 Å². The van der Waals surface area contributed by atoms with E-state index in [9.17, 15) is 5.11 Å². The van der Waals surface area contributed by atoms with Crippen molar-refractivity contribution in [2.45, 2.75) is 32.4 Å². The van der Waals surface area contributed by atoms with Gasteiger partial charge < -0.3 is 20.3 Å². The Labute approximate surface area is 120 Å². The third-order valence-electron chi connectivity index (χ3n) is 3.55. The molecule has 108 valence electrons. The molecule has 1 aromatic carbocycles. The lowest BCUT2D eigenvalue weighted by molar-refractivity contribution is 0.0877. The van der Waals surface area contributed by atoms with Gasteiger partial charge in [0.2, 0.25) is 0 Å². The van der Waals surface area contributed by atoms with Crippen LogP contribution in [0.1, 0.15) is 31.9 Å². The molecule has 0 bridgehead atoms. The second-order valence-electron chi connectivity index (χ2n) is 4.81. The van der Waals surface area contributed by atoms with Crippen LogP contribution < -0.4 is 15.2 Å². The average molecular weight is 288 g/mol. The van der Waals surface area contributed by atoms with Gasteiger partial charge in [-0.1, -0.05) is 26.3 Å². The van der Waals surface area contributed by atoms with Crippen molar-refractivity contribution in [2.24, 2.45) is 11.7 Å². The fraction of sp³-hybridized carbons (Fsp3) is 0.571. The second kappa shape index (κ2) is 6.98. The first-order valence-corrected chi connectivity index (χ1v) is 6.46. The monoisotopic (exact) mass is 287 g/mol. The summed E-state index contributed by atoms with van der Waals surface area (Å²) in [5.74, 6) is 1.63. The minimum absolute atomic E-state index is 0. The highest BCUT2D eigenvalue weighted by Gasteiger charge is 2.23. The van der Waals surface area contributed by atoms with Crippen molar-refractivity contribution in [1.82, 2.24) is 0 Å². The maximum absolute atomic E-state index is 10.1. The molecule has 1 aliphatic heterocycles. The summed E-state index contributed by atoms with van der Waals surface area (Å²) >= 11 is 0. The molecule has 4 nitrogen and oxygen atoms in total. The fourth-order valence-electron chi connectivity index (χ4n) is 2.06. The summed E-state index contributed by atoms with van der Waals surface area (Å²) in [7, 11) is 0. The van der Waals surface area contributed by atoms with Gasteiger partial charge in [-0.25, -0.2) is 0 Å². The molecule has 5 heteroatoms. The number of halogens is 1. The van der Waals surface area contributed by atoms with Gasteiger partial charge in [0, 0.05) is 0 Å². The van der Waals surface area contributed by atoms with Gasteiger partial charge in [0.1, 0.15) is 13.2 Å². The fourth-order valence-corrected chi connectivity index (χ4v) is 2.06. The molecule has 0 radical (unpaired) electrons. The minimum atomic E-state index is -0.544. The highest BCUT2D eigenvalue weighted by Crippen LogP contribution is 2.33. The maximum Gasteiger partial charge on any atom is 0.161 e. The number of benzene rings is 1.